The predicted octanol–water partition coefficient (Wildman–Crippen LogP) is 5.03. The van der Waals surface area contributed by atoms with E-state index in [0.717, 1.165) is 24.2 Å². The Morgan fingerprint density at radius 1 is 1.03 bits per heavy atom. The van der Waals surface area contributed by atoms with Gasteiger partial charge in [0.2, 0.25) is 11.9 Å². The summed E-state index contributed by atoms with van der Waals surface area (Å²) in [6, 6.07) is 15.4. The molecule has 0 radical (unpaired) electrons. The smallest absolute Gasteiger partial charge is 0.229 e. The van der Waals surface area contributed by atoms with Gasteiger partial charge in [-0.1, -0.05) is 23.7 Å². The Labute approximate surface area is 180 Å². The fourth-order valence-electron chi connectivity index (χ4n) is 2.90. The molecule has 3 N–H and O–H groups in total. The number of hydrogen-bond acceptors (Lipinski definition) is 6. The highest BCUT2D eigenvalue weighted by Crippen LogP contribution is 2.33. The highest BCUT2D eigenvalue weighted by Gasteiger charge is 2.30. The average Bonchev–Trinajstić information content (AvgIpc) is 3.58. The second-order valence-corrected chi connectivity index (χ2v) is 7.80. The quantitative estimate of drug-likeness (QED) is 0.495. The lowest BCUT2D eigenvalue weighted by molar-refractivity contribution is -0.117. The van der Waals surface area contributed by atoms with E-state index in [9.17, 15) is 4.79 Å². The first-order chi connectivity index (χ1) is 14.5. The van der Waals surface area contributed by atoms with Crippen LogP contribution in [0.3, 0.4) is 0 Å². The summed E-state index contributed by atoms with van der Waals surface area (Å²) in [6.45, 7) is 0. The fraction of sp³-hybridized carbons (Fsp3) is 0.227. The van der Waals surface area contributed by atoms with Crippen molar-refractivity contribution in [2.45, 2.75) is 12.8 Å². The standard InChI is InChI=1S/C22H23ClN6O/c1-29(2)16-11-9-15(10-12-16)25-22-24-13-17(23)20(28-22)26-18-5-3-4-6-19(18)27-21(30)14-7-8-14/h3-6,9-14H,7-8H2,1-2H3,(H,27,30)(H2,24,25,26,28). The van der Waals surface area contributed by atoms with Gasteiger partial charge in [-0.05, 0) is 49.2 Å². The second kappa shape index (κ2) is 8.59. The van der Waals surface area contributed by atoms with Gasteiger partial charge in [0.05, 0.1) is 17.6 Å². The van der Waals surface area contributed by atoms with Gasteiger partial charge in [0.25, 0.3) is 0 Å². The maximum atomic E-state index is 12.2. The van der Waals surface area contributed by atoms with Crippen LogP contribution in [0.2, 0.25) is 5.02 Å². The third-order valence-electron chi connectivity index (χ3n) is 4.77. The van der Waals surface area contributed by atoms with Crippen molar-refractivity contribution in [3.05, 3.63) is 59.8 Å². The molecule has 2 aromatic carbocycles. The van der Waals surface area contributed by atoms with Crippen LogP contribution in [-0.2, 0) is 4.79 Å². The van der Waals surface area contributed by atoms with Crippen molar-refractivity contribution < 1.29 is 4.79 Å². The minimum Gasteiger partial charge on any atom is -0.378 e. The van der Waals surface area contributed by atoms with E-state index >= 15 is 0 Å². The number of nitrogens with one attached hydrogen (secondary N) is 3. The third-order valence-corrected chi connectivity index (χ3v) is 5.05. The van der Waals surface area contributed by atoms with Crippen molar-refractivity contribution in [3.8, 4) is 0 Å². The van der Waals surface area contributed by atoms with E-state index in [2.05, 4.69) is 25.9 Å². The molecule has 1 fully saturated rings. The van der Waals surface area contributed by atoms with E-state index in [1.807, 2.05) is 67.5 Å². The molecule has 1 aliphatic rings. The van der Waals surface area contributed by atoms with Crippen LogP contribution in [0.4, 0.5) is 34.5 Å². The zero-order chi connectivity index (χ0) is 21.1. The lowest BCUT2D eigenvalue weighted by Gasteiger charge is -2.15. The number of anilines is 6. The summed E-state index contributed by atoms with van der Waals surface area (Å²) in [5.41, 5.74) is 3.38. The summed E-state index contributed by atoms with van der Waals surface area (Å²) in [7, 11) is 3.99. The molecule has 0 aliphatic heterocycles. The van der Waals surface area contributed by atoms with Crippen LogP contribution >= 0.6 is 11.6 Å². The van der Waals surface area contributed by atoms with Gasteiger partial charge in [0, 0.05) is 31.4 Å². The molecule has 1 aromatic heterocycles. The number of aromatic nitrogens is 2. The zero-order valence-electron chi connectivity index (χ0n) is 16.8. The van der Waals surface area contributed by atoms with Gasteiger partial charge >= 0.3 is 0 Å². The summed E-state index contributed by atoms with van der Waals surface area (Å²) < 4.78 is 0. The van der Waals surface area contributed by atoms with Crippen LogP contribution in [0, 0.1) is 5.92 Å². The summed E-state index contributed by atoms with van der Waals surface area (Å²) in [4.78, 5) is 23.0. The van der Waals surface area contributed by atoms with Crippen LogP contribution in [0.15, 0.2) is 54.7 Å². The normalized spacial score (nSPS) is 12.9. The van der Waals surface area contributed by atoms with Gasteiger partial charge in [-0.25, -0.2) is 4.98 Å². The first-order valence-electron chi connectivity index (χ1n) is 9.73. The molecule has 4 rings (SSSR count). The molecule has 1 amide bonds. The number of nitrogens with zero attached hydrogens (tertiary/aromatic N) is 3. The maximum Gasteiger partial charge on any atom is 0.229 e. The molecular formula is C22H23ClN6O. The molecule has 0 bridgehead atoms. The molecule has 1 aliphatic carbocycles. The summed E-state index contributed by atoms with van der Waals surface area (Å²) in [5, 5.41) is 9.75. The molecule has 0 unspecified atom stereocenters. The van der Waals surface area contributed by atoms with E-state index < -0.39 is 0 Å². The number of para-hydroxylation sites is 2. The molecule has 1 heterocycles. The molecule has 154 valence electrons. The molecule has 30 heavy (non-hydrogen) atoms. The summed E-state index contributed by atoms with van der Waals surface area (Å²) in [6.07, 6.45) is 3.44. The number of rotatable bonds is 7. The first kappa shape index (κ1) is 20.0. The SMILES string of the molecule is CN(C)c1ccc(Nc2ncc(Cl)c(Nc3ccccc3NC(=O)C3CC3)n2)cc1. The Bertz CT molecular complexity index is 1050. The van der Waals surface area contributed by atoms with Gasteiger partial charge in [-0.2, -0.15) is 4.98 Å². The highest BCUT2D eigenvalue weighted by molar-refractivity contribution is 6.33. The Balaban J connectivity index is 1.52. The number of carbonyl (C=O) groups excluding carboxylic acids is 1. The number of hydrogen-bond donors (Lipinski definition) is 3. The summed E-state index contributed by atoms with van der Waals surface area (Å²) in [5.74, 6) is 1.03. The molecule has 7 nitrogen and oxygen atoms in total. The fourth-order valence-corrected chi connectivity index (χ4v) is 3.03. The largest absolute Gasteiger partial charge is 0.378 e. The van der Waals surface area contributed by atoms with Crippen molar-refractivity contribution >= 4 is 52.0 Å². The lowest BCUT2D eigenvalue weighted by Crippen LogP contribution is -2.14. The molecule has 3 aromatic rings. The van der Waals surface area contributed by atoms with Crippen molar-refractivity contribution in [3.63, 3.8) is 0 Å². The molecule has 0 saturated heterocycles. The average molecular weight is 423 g/mol. The minimum absolute atomic E-state index is 0.0431. The first-order valence-corrected chi connectivity index (χ1v) is 10.1. The monoisotopic (exact) mass is 422 g/mol. The van der Waals surface area contributed by atoms with Crippen LogP contribution in [0.25, 0.3) is 0 Å². The molecule has 1 saturated carbocycles. The molecule has 0 atom stereocenters. The Kier molecular flexibility index (Phi) is 5.72. The molecular weight excluding hydrogens is 400 g/mol. The predicted molar refractivity (Wildman–Crippen MR) is 122 cm³/mol. The van der Waals surface area contributed by atoms with Gasteiger partial charge in [0.15, 0.2) is 5.82 Å². The Morgan fingerprint density at radius 2 is 1.73 bits per heavy atom. The summed E-state index contributed by atoms with van der Waals surface area (Å²) >= 11 is 6.32. The van der Waals surface area contributed by atoms with Gasteiger partial charge in [-0.15, -0.1) is 0 Å². The highest BCUT2D eigenvalue weighted by atomic mass is 35.5. The number of carbonyl (C=O) groups is 1. The van der Waals surface area contributed by atoms with E-state index in [1.165, 1.54) is 0 Å². The topological polar surface area (TPSA) is 82.2 Å². The number of benzene rings is 2. The number of halogens is 1. The Morgan fingerprint density at radius 3 is 2.40 bits per heavy atom. The van der Waals surface area contributed by atoms with Gasteiger partial charge in [-0.3, -0.25) is 4.79 Å². The zero-order valence-corrected chi connectivity index (χ0v) is 17.6. The Hall–Kier alpha value is -3.32. The van der Waals surface area contributed by atoms with Crippen molar-refractivity contribution in [2.24, 2.45) is 5.92 Å². The van der Waals surface area contributed by atoms with Crippen LogP contribution < -0.4 is 20.9 Å². The van der Waals surface area contributed by atoms with Crippen molar-refractivity contribution in [2.75, 3.05) is 34.9 Å². The van der Waals surface area contributed by atoms with Crippen molar-refractivity contribution in [1.82, 2.24) is 9.97 Å². The van der Waals surface area contributed by atoms with Crippen LogP contribution in [0.5, 0.6) is 0 Å². The van der Waals surface area contributed by atoms with Gasteiger partial charge in [0.1, 0.15) is 5.02 Å². The minimum atomic E-state index is 0.0431. The van der Waals surface area contributed by atoms with Crippen LogP contribution in [-0.4, -0.2) is 30.0 Å². The van der Waals surface area contributed by atoms with Crippen molar-refractivity contribution in [1.29, 1.82) is 0 Å². The second-order valence-electron chi connectivity index (χ2n) is 7.39. The van der Waals surface area contributed by atoms with E-state index in [0.29, 0.717) is 28.2 Å². The third kappa shape index (κ3) is 4.80. The van der Waals surface area contributed by atoms with E-state index in [-0.39, 0.29) is 11.8 Å². The van der Waals surface area contributed by atoms with E-state index in [1.54, 1.807) is 6.20 Å². The molecule has 8 heteroatoms. The van der Waals surface area contributed by atoms with E-state index in [4.69, 9.17) is 11.6 Å². The maximum absolute atomic E-state index is 12.2. The van der Waals surface area contributed by atoms with Crippen LogP contribution in [0.1, 0.15) is 12.8 Å². The lowest BCUT2D eigenvalue weighted by atomic mass is 10.2. The number of amides is 1. The van der Waals surface area contributed by atoms with Gasteiger partial charge < -0.3 is 20.9 Å². The molecule has 0 spiro atoms.